The summed E-state index contributed by atoms with van der Waals surface area (Å²) >= 11 is 6.12. The van der Waals surface area contributed by atoms with E-state index in [2.05, 4.69) is 5.32 Å². The average molecular weight is 481 g/mol. The Morgan fingerprint density at radius 3 is 2.47 bits per heavy atom. The largest absolute Gasteiger partial charge is 0.495 e. The van der Waals surface area contributed by atoms with Crippen LogP contribution < -0.4 is 19.7 Å². The van der Waals surface area contributed by atoms with Crippen LogP contribution in [0.3, 0.4) is 0 Å². The van der Waals surface area contributed by atoms with Crippen LogP contribution in [0.1, 0.15) is 25.8 Å². The molecule has 1 aliphatic heterocycles. The Morgan fingerprint density at radius 1 is 1.16 bits per heavy atom. The van der Waals surface area contributed by atoms with Crippen molar-refractivity contribution < 1.29 is 27.5 Å². The number of fused-ring (bicyclic) bond motifs is 1. The van der Waals surface area contributed by atoms with Gasteiger partial charge < -0.3 is 19.7 Å². The fourth-order valence-corrected chi connectivity index (χ4v) is 5.28. The molecule has 0 saturated heterocycles. The molecule has 0 aromatic heterocycles. The lowest BCUT2D eigenvalue weighted by Crippen LogP contribution is -2.26. The van der Waals surface area contributed by atoms with E-state index in [0.717, 1.165) is 11.3 Å². The van der Waals surface area contributed by atoms with Crippen molar-refractivity contribution in [3.63, 3.8) is 0 Å². The van der Waals surface area contributed by atoms with Gasteiger partial charge in [-0.1, -0.05) is 11.6 Å². The van der Waals surface area contributed by atoms with Crippen LogP contribution in [0.4, 0.5) is 11.4 Å². The van der Waals surface area contributed by atoms with E-state index < -0.39 is 21.0 Å². The van der Waals surface area contributed by atoms with Crippen molar-refractivity contribution in [2.75, 3.05) is 31.0 Å². The summed E-state index contributed by atoms with van der Waals surface area (Å²) in [7, 11) is -0.864. The molecule has 0 unspecified atom stereocenters. The summed E-state index contributed by atoms with van der Waals surface area (Å²) in [6.45, 7) is 3.49. The van der Waals surface area contributed by atoms with Crippen LogP contribution in [0.5, 0.6) is 11.5 Å². The Kier molecular flexibility index (Phi) is 7.00. The lowest BCUT2D eigenvalue weighted by atomic mass is 10.2. The Labute approximate surface area is 192 Å². The van der Waals surface area contributed by atoms with Crippen molar-refractivity contribution in [1.82, 2.24) is 0 Å². The maximum Gasteiger partial charge on any atom is 0.225 e. The SMILES string of the molecule is COc1cc(OC)c(NC(=O)C[C@@H](C)S(=O)(=O)c2ccc3c(c2)CCN3C(C)=O)cc1Cl. The number of carbonyl (C=O) groups is 2. The van der Waals surface area contributed by atoms with Crippen LogP contribution in [0.15, 0.2) is 35.2 Å². The molecule has 0 radical (unpaired) electrons. The Hall–Kier alpha value is -2.78. The number of hydrogen-bond acceptors (Lipinski definition) is 6. The van der Waals surface area contributed by atoms with Gasteiger partial charge >= 0.3 is 0 Å². The Morgan fingerprint density at radius 2 is 1.84 bits per heavy atom. The molecule has 0 bridgehead atoms. The van der Waals surface area contributed by atoms with Gasteiger partial charge in [0.1, 0.15) is 11.5 Å². The summed E-state index contributed by atoms with van der Waals surface area (Å²) < 4.78 is 36.5. The molecule has 0 aliphatic carbocycles. The number of amides is 2. The average Bonchev–Trinajstić information content (AvgIpc) is 3.17. The van der Waals surface area contributed by atoms with Gasteiger partial charge in [0.05, 0.1) is 35.1 Å². The first kappa shape index (κ1) is 23.9. The van der Waals surface area contributed by atoms with Crippen LogP contribution in [0, 0.1) is 0 Å². The summed E-state index contributed by atoms with van der Waals surface area (Å²) in [5.74, 6) is 0.143. The number of ether oxygens (including phenoxy) is 2. The second kappa shape index (κ2) is 9.38. The third-order valence-corrected chi connectivity index (χ3v) is 7.84. The summed E-state index contributed by atoms with van der Waals surface area (Å²) in [5, 5.41) is 1.97. The second-order valence-corrected chi connectivity index (χ2v) is 10.3. The van der Waals surface area contributed by atoms with E-state index in [1.807, 2.05) is 0 Å². The van der Waals surface area contributed by atoms with Crippen LogP contribution in [0.2, 0.25) is 5.02 Å². The number of hydrogen-bond donors (Lipinski definition) is 1. The molecule has 10 heteroatoms. The van der Waals surface area contributed by atoms with Crippen LogP contribution in [-0.4, -0.2) is 46.2 Å². The fraction of sp³-hybridized carbons (Fsp3) is 0.364. The molecule has 0 spiro atoms. The van der Waals surface area contributed by atoms with Crippen LogP contribution in [-0.2, 0) is 25.8 Å². The van der Waals surface area contributed by atoms with Gasteiger partial charge in [0.25, 0.3) is 0 Å². The number of rotatable bonds is 7. The van der Waals surface area contributed by atoms with Gasteiger partial charge in [-0.15, -0.1) is 0 Å². The number of nitrogens with zero attached hydrogens (tertiary/aromatic N) is 1. The van der Waals surface area contributed by atoms with E-state index >= 15 is 0 Å². The molecular formula is C22H25ClN2O6S. The fourth-order valence-electron chi connectivity index (χ4n) is 3.64. The number of nitrogens with one attached hydrogen (secondary N) is 1. The molecule has 32 heavy (non-hydrogen) atoms. The van der Waals surface area contributed by atoms with E-state index in [1.165, 1.54) is 46.3 Å². The number of halogens is 1. The molecule has 2 amide bonds. The van der Waals surface area contributed by atoms with E-state index in [-0.39, 0.29) is 22.2 Å². The molecule has 0 saturated carbocycles. The third-order valence-electron chi connectivity index (χ3n) is 5.41. The highest BCUT2D eigenvalue weighted by atomic mass is 35.5. The van der Waals surface area contributed by atoms with Crippen molar-refractivity contribution in [2.45, 2.75) is 36.8 Å². The second-order valence-electron chi connectivity index (χ2n) is 7.51. The first-order chi connectivity index (χ1) is 15.1. The van der Waals surface area contributed by atoms with Gasteiger partial charge in [-0.2, -0.15) is 0 Å². The minimum absolute atomic E-state index is 0.0848. The van der Waals surface area contributed by atoms with Crippen LogP contribution >= 0.6 is 11.6 Å². The standard InChI is InChI=1S/C22H25ClN2O6S/c1-13(9-22(27)24-18-11-17(23)20(30-3)12-21(18)31-4)32(28,29)16-5-6-19-15(10-16)7-8-25(19)14(2)26/h5-6,10-13H,7-9H2,1-4H3,(H,24,27)/t13-/m1/s1. The predicted molar refractivity (Wildman–Crippen MR) is 123 cm³/mol. The molecule has 3 rings (SSSR count). The lowest BCUT2D eigenvalue weighted by molar-refractivity contribution is -0.117. The summed E-state index contributed by atoms with van der Waals surface area (Å²) in [6.07, 6.45) is 0.330. The first-order valence-electron chi connectivity index (χ1n) is 9.94. The topological polar surface area (TPSA) is 102 Å². The van der Waals surface area contributed by atoms with Gasteiger partial charge in [-0.3, -0.25) is 9.59 Å². The Balaban J connectivity index is 1.76. The smallest absolute Gasteiger partial charge is 0.225 e. The summed E-state index contributed by atoms with van der Waals surface area (Å²) in [4.78, 5) is 26.1. The molecule has 2 aromatic rings. The number of benzene rings is 2. The van der Waals surface area contributed by atoms with Crippen molar-refractivity contribution >= 4 is 44.6 Å². The van der Waals surface area contributed by atoms with E-state index in [4.69, 9.17) is 21.1 Å². The van der Waals surface area contributed by atoms with Gasteiger partial charge in [0.15, 0.2) is 9.84 Å². The zero-order valence-electron chi connectivity index (χ0n) is 18.3. The zero-order valence-corrected chi connectivity index (χ0v) is 19.8. The Bertz CT molecular complexity index is 1170. The number of sulfone groups is 1. The maximum atomic E-state index is 13.1. The zero-order chi connectivity index (χ0) is 23.6. The quantitative estimate of drug-likeness (QED) is 0.651. The first-order valence-corrected chi connectivity index (χ1v) is 11.9. The molecule has 1 N–H and O–H groups in total. The monoisotopic (exact) mass is 480 g/mol. The van der Waals surface area contributed by atoms with Gasteiger partial charge in [0, 0.05) is 31.6 Å². The number of anilines is 2. The molecule has 1 heterocycles. The minimum atomic E-state index is -3.76. The van der Waals surface area contributed by atoms with E-state index in [9.17, 15) is 18.0 Å². The highest BCUT2D eigenvalue weighted by Crippen LogP contribution is 2.36. The van der Waals surface area contributed by atoms with Crippen molar-refractivity contribution in [1.29, 1.82) is 0 Å². The maximum absolute atomic E-state index is 13.1. The molecule has 172 valence electrons. The van der Waals surface area contributed by atoms with Crippen molar-refractivity contribution in [3.8, 4) is 11.5 Å². The molecule has 2 aromatic carbocycles. The molecule has 0 fully saturated rings. The van der Waals surface area contributed by atoms with E-state index in [0.29, 0.717) is 30.2 Å². The number of methoxy groups -OCH3 is 2. The highest BCUT2D eigenvalue weighted by Gasteiger charge is 2.29. The summed E-state index contributed by atoms with van der Waals surface area (Å²) in [6, 6.07) is 7.74. The lowest BCUT2D eigenvalue weighted by Gasteiger charge is -2.17. The predicted octanol–water partition coefficient (Wildman–Crippen LogP) is 3.46. The molecular weight excluding hydrogens is 456 g/mol. The molecule has 1 aliphatic rings. The van der Waals surface area contributed by atoms with Crippen molar-refractivity contribution in [2.24, 2.45) is 0 Å². The van der Waals surface area contributed by atoms with Crippen molar-refractivity contribution in [3.05, 3.63) is 40.9 Å². The highest BCUT2D eigenvalue weighted by molar-refractivity contribution is 7.92. The van der Waals surface area contributed by atoms with Crippen LogP contribution in [0.25, 0.3) is 0 Å². The van der Waals surface area contributed by atoms with Gasteiger partial charge in [0.2, 0.25) is 11.8 Å². The third kappa shape index (κ3) is 4.68. The van der Waals surface area contributed by atoms with E-state index in [1.54, 1.807) is 17.0 Å². The molecule has 1 atom stereocenters. The normalized spacial score (nSPS) is 14.0. The number of carbonyl (C=O) groups excluding carboxylic acids is 2. The minimum Gasteiger partial charge on any atom is -0.495 e. The molecule has 8 nitrogen and oxygen atoms in total. The van der Waals surface area contributed by atoms with Gasteiger partial charge in [-0.25, -0.2) is 8.42 Å². The van der Waals surface area contributed by atoms with Gasteiger partial charge in [-0.05, 0) is 43.2 Å². The summed E-state index contributed by atoms with van der Waals surface area (Å²) in [5.41, 5.74) is 1.84.